The van der Waals surface area contributed by atoms with Gasteiger partial charge in [0.15, 0.2) is 0 Å². The first kappa shape index (κ1) is 31.5. The number of thioether (sulfide) groups is 1. The van der Waals surface area contributed by atoms with E-state index in [2.05, 4.69) is 20.9 Å². The molecular weight excluding hydrogens is 627 g/mol. The van der Waals surface area contributed by atoms with Crippen molar-refractivity contribution in [3.63, 3.8) is 0 Å². The van der Waals surface area contributed by atoms with E-state index in [1.165, 1.54) is 11.8 Å². The van der Waals surface area contributed by atoms with Crippen molar-refractivity contribution < 1.29 is 14.4 Å². The Morgan fingerprint density at radius 1 is 0.733 bits per heavy atom. The highest BCUT2D eigenvalue weighted by molar-refractivity contribution is 8.00. The molecule has 1 unspecified atom stereocenters. The van der Waals surface area contributed by atoms with E-state index in [-0.39, 0.29) is 11.6 Å². The van der Waals surface area contributed by atoms with Gasteiger partial charge in [-0.15, -0.1) is 11.8 Å². The summed E-state index contributed by atoms with van der Waals surface area (Å²) in [6, 6.07) is 33.5. The first-order valence-electron chi connectivity index (χ1n) is 13.7. The molecule has 10 heteroatoms. The number of benzene rings is 4. The summed E-state index contributed by atoms with van der Waals surface area (Å²) in [5.41, 5.74) is 2.92. The van der Waals surface area contributed by atoms with Gasteiger partial charge in [0.05, 0.1) is 0 Å². The summed E-state index contributed by atoms with van der Waals surface area (Å²) in [4.78, 5) is 44.6. The minimum absolute atomic E-state index is 0.0530. The molecule has 1 aromatic heterocycles. The van der Waals surface area contributed by atoms with Gasteiger partial charge in [0.2, 0.25) is 5.91 Å². The second kappa shape index (κ2) is 15.2. The topological polar surface area (TPSA) is 100 Å². The molecule has 4 aromatic carbocycles. The number of nitrogens with one attached hydrogen (secondary N) is 3. The predicted molar refractivity (Wildman–Crippen MR) is 181 cm³/mol. The molecule has 0 bridgehead atoms. The van der Waals surface area contributed by atoms with Gasteiger partial charge in [-0.25, -0.2) is 0 Å². The van der Waals surface area contributed by atoms with Gasteiger partial charge >= 0.3 is 0 Å². The SMILES string of the molecule is O=C(Nc1ccc(SC(C(=O)Nc2cc(Cl)cc(Cl)c2)c2ccccc2)cc1)/C(=C/c1cccnc1)NC(=O)c1ccccc1. The number of anilines is 2. The van der Waals surface area contributed by atoms with Crippen LogP contribution in [0.3, 0.4) is 0 Å². The third-order valence-electron chi connectivity index (χ3n) is 6.36. The van der Waals surface area contributed by atoms with Gasteiger partial charge in [-0.3, -0.25) is 19.4 Å². The molecule has 45 heavy (non-hydrogen) atoms. The van der Waals surface area contributed by atoms with Crippen molar-refractivity contribution in [2.75, 3.05) is 10.6 Å². The van der Waals surface area contributed by atoms with Crippen LogP contribution < -0.4 is 16.0 Å². The van der Waals surface area contributed by atoms with Crippen LogP contribution >= 0.6 is 35.0 Å². The number of hydrogen-bond acceptors (Lipinski definition) is 5. The van der Waals surface area contributed by atoms with Gasteiger partial charge in [0.1, 0.15) is 10.9 Å². The van der Waals surface area contributed by atoms with Gasteiger partial charge in [-0.05, 0) is 77.9 Å². The zero-order valence-electron chi connectivity index (χ0n) is 23.6. The summed E-state index contributed by atoms with van der Waals surface area (Å²) in [7, 11) is 0. The Labute approximate surface area is 274 Å². The Morgan fingerprint density at radius 3 is 2.04 bits per heavy atom. The molecular formula is C35H26Cl2N4O3S. The number of nitrogens with zero attached hydrogens (tertiary/aromatic N) is 1. The minimum atomic E-state index is -0.591. The third kappa shape index (κ3) is 9.06. The van der Waals surface area contributed by atoms with Crippen molar-refractivity contribution in [3.05, 3.63) is 160 Å². The van der Waals surface area contributed by atoms with E-state index >= 15 is 0 Å². The van der Waals surface area contributed by atoms with Crippen LogP contribution in [0.4, 0.5) is 11.4 Å². The molecule has 0 aliphatic rings. The molecule has 0 saturated heterocycles. The average Bonchev–Trinajstić information content (AvgIpc) is 3.04. The monoisotopic (exact) mass is 652 g/mol. The molecule has 3 N–H and O–H groups in total. The fourth-order valence-corrected chi connectivity index (χ4v) is 5.81. The van der Waals surface area contributed by atoms with E-state index in [1.54, 1.807) is 85.2 Å². The first-order chi connectivity index (χ1) is 21.8. The molecule has 0 aliphatic carbocycles. The molecule has 3 amide bonds. The highest BCUT2D eigenvalue weighted by atomic mass is 35.5. The number of carbonyl (C=O) groups is 3. The summed E-state index contributed by atoms with van der Waals surface area (Å²) < 4.78 is 0. The maximum absolute atomic E-state index is 13.4. The van der Waals surface area contributed by atoms with Crippen LogP contribution in [0.1, 0.15) is 26.7 Å². The van der Waals surface area contributed by atoms with Gasteiger partial charge in [-0.1, -0.05) is 77.8 Å². The third-order valence-corrected chi connectivity index (χ3v) is 8.06. The summed E-state index contributed by atoms with van der Waals surface area (Å²) in [6.45, 7) is 0. The number of carbonyl (C=O) groups excluding carboxylic acids is 3. The summed E-state index contributed by atoms with van der Waals surface area (Å²) in [6.07, 6.45) is 4.77. The van der Waals surface area contributed by atoms with Gasteiger partial charge < -0.3 is 16.0 Å². The van der Waals surface area contributed by atoms with Crippen molar-refractivity contribution in [1.29, 1.82) is 0 Å². The smallest absolute Gasteiger partial charge is 0.272 e. The lowest BCUT2D eigenvalue weighted by molar-refractivity contribution is -0.116. The van der Waals surface area contributed by atoms with Crippen molar-refractivity contribution in [1.82, 2.24) is 10.3 Å². The number of amides is 3. The first-order valence-corrected chi connectivity index (χ1v) is 15.4. The van der Waals surface area contributed by atoms with E-state index < -0.39 is 17.1 Å². The zero-order chi connectivity index (χ0) is 31.6. The normalized spacial score (nSPS) is 11.7. The lowest BCUT2D eigenvalue weighted by atomic mass is 10.1. The van der Waals surface area contributed by atoms with Crippen LogP contribution in [0.25, 0.3) is 6.08 Å². The van der Waals surface area contributed by atoms with E-state index in [1.807, 2.05) is 48.5 Å². The quantitative estimate of drug-likeness (QED) is 0.104. The standard InChI is InChI=1S/C35H26Cl2N4O3S/c36-26-19-27(37)21-29(20-26)40-35(44)32(24-9-3-1-4-10-24)45-30-15-13-28(14-16-30)39-34(43)31(18-23-8-7-17-38-22-23)41-33(42)25-11-5-2-6-12-25/h1-22,32H,(H,39,43)(H,40,44)(H,41,42)/b31-18-. The van der Waals surface area contributed by atoms with E-state index in [0.29, 0.717) is 32.5 Å². The highest BCUT2D eigenvalue weighted by Gasteiger charge is 2.23. The molecule has 5 rings (SSSR count). The number of rotatable bonds is 10. The Kier molecular flexibility index (Phi) is 10.7. The molecule has 224 valence electrons. The van der Waals surface area contributed by atoms with E-state index in [9.17, 15) is 14.4 Å². The van der Waals surface area contributed by atoms with Gasteiger partial charge in [0.25, 0.3) is 11.8 Å². The molecule has 7 nitrogen and oxygen atoms in total. The molecule has 0 radical (unpaired) electrons. The molecule has 1 heterocycles. The van der Waals surface area contributed by atoms with Gasteiger partial charge in [-0.2, -0.15) is 0 Å². The average molecular weight is 654 g/mol. The second-order valence-electron chi connectivity index (χ2n) is 9.70. The zero-order valence-corrected chi connectivity index (χ0v) is 25.9. The van der Waals surface area contributed by atoms with E-state index in [4.69, 9.17) is 23.2 Å². The Hall–Kier alpha value is -4.89. The Morgan fingerprint density at radius 2 is 1.40 bits per heavy atom. The van der Waals surface area contributed by atoms with Crippen LogP contribution in [-0.4, -0.2) is 22.7 Å². The summed E-state index contributed by atoms with van der Waals surface area (Å²) >= 11 is 13.6. The van der Waals surface area contributed by atoms with Crippen molar-refractivity contribution >= 4 is 70.1 Å². The fourth-order valence-electron chi connectivity index (χ4n) is 4.26. The fraction of sp³-hybridized carbons (Fsp3) is 0.0286. The Balaban J connectivity index is 1.32. The van der Waals surface area contributed by atoms with Crippen LogP contribution in [-0.2, 0) is 9.59 Å². The van der Waals surface area contributed by atoms with Crippen LogP contribution in [0.15, 0.2) is 138 Å². The molecule has 0 spiro atoms. The van der Waals surface area contributed by atoms with Crippen LogP contribution in [0, 0.1) is 0 Å². The number of hydrogen-bond donors (Lipinski definition) is 3. The summed E-state index contributed by atoms with van der Waals surface area (Å²) in [5, 5.41) is 8.70. The molecule has 0 aliphatic heterocycles. The van der Waals surface area contributed by atoms with Gasteiger partial charge in [0, 0.05) is 44.3 Å². The number of aromatic nitrogens is 1. The molecule has 0 fully saturated rings. The number of pyridine rings is 1. The van der Waals surface area contributed by atoms with E-state index in [0.717, 1.165) is 10.5 Å². The maximum atomic E-state index is 13.4. The second-order valence-corrected chi connectivity index (χ2v) is 11.8. The Bertz CT molecular complexity index is 1800. The summed E-state index contributed by atoms with van der Waals surface area (Å²) in [5.74, 6) is -1.18. The lowest BCUT2D eigenvalue weighted by Crippen LogP contribution is -2.30. The highest BCUT2D eigenvalue weighted by Crippen LogP contribution is 2.37. The largest absolute Gasteiger partial charge is 0.325 e. The lowest BCUT2D eigenvalue weighted by Gasteiger charge is -2.18. The van der Waals surface area contributed by atoms with Crippen LogP contribution in [0.2, 0.25) is 10.0 Å². The van der Waals surface area contributed by atoms with Crippen LogP contribution in [0.5, 0.6) is 0 Å². The maximum Gasteiger partial charge on any atom is 0.272 e. The molecule has 1 atom stereocenters. The molecule has 0 saturated carbocycles. The van der Waals surface area contributed by atoms with Crippen molar-refractivity contribution in [2.24, 2.45) is 0 Å². The predicted octanol–water partition coefficient (Wildman–Crippen LogP) is 8.27. The van der Waals surface area contributed by atoms with Crippen molar-refractivity contribution in [3.8, 4) is 0 Å². The molecule has 5 aromatic rings. The van der Waals surface area contributed by atoms with Crippen molar-refractivity contribution in [2.45, 2.75) is 10.1 Å². The number of halogens is 2. The minimum Gasteiger partial charge on any atom is -0.325 e.